The van der Waals surface area contributed by atoms with E-state index in [0.29, 0.717) is 16.7 Å². The molecule has 1 aromatic carbocycles. The van der Waals surface area contributed by atoms with E-state index in [4.69, 9.17) is 11.6 Å². The summed E-state index contributed by atoms with van der Waals surface area (Å²) in [5.41, 5.74) is 1.45. The molecule has 0 N–H and O–H groups in total. The number of para-hydroxylation sites is 2. The monoisotopic (exact) mass is 264 g/mol. The summed E-state index contributed by atoms with van der Waals surface area (Å²) in [5, 5.41) is 0. The molecule has 0 fully saturated rings. The van der Waals surface area contributed by atoms with Crippen LogP contribution in [0.25, 0.3) is 16.7 Å². The smallest absolute Gasteiger partial charge is 0.274 e. The van der Waals surface area contributed by atoms with Crippen LogP contribution in [-0.4, -0.2) is 20.9 Å². The van der Waals surface area contributed by atoms with E-state index in [2.05, 4.69) is 6.58 Å². The minimum Gasteiger partial charge on any atom is -0.274 e. The maximum absolute atomic E-state index is 12.2. The minimum atomic E-state index is -0.390. The number of alkyl halides is 1. The lowest BCUT2D eigenvalue weighted by Crippen LogP contribution is -2.28. The number of hydrogen-bond acceptors (Lipinski definition) is 2. The molecule has 0 atom stereocenters. The number of imidazole rings is 1. The fraction of sp³-hybridized carbons (Fsp3) is 0.231. The van der Waals surface area contributed by atoms with Gasteiger partial charge in [-0.2, -0.15) is 0 Å². The summed E-state index contributed by atoms with van der Waals surface area (Å²) in [6.07, 6.45) is 0.131. The number of carbonyl (C=O) groups excluding carboxylic acids is 1. The molecular weight excluding hydrogens is 252 g/mol. The first-order valence-electron chi connectivity index (χ1n) is 5.55. The lowest BCUT2D eigenvalue weighted by atomic mass is 10.3. The third-order valence-electron chi connectivity index (χ3n) is 2.69. The molecule has 0 spiro atoms. The normalized spacial score (nSPS) is 10.8. The van der Waals surface area contributed by atoms with Crippen LogP contribution in [0, 0.1) is 0 Å². The molecule has 0 aliphatic heterocycles. The average molecular weight is 265 g/mol. The summed E-state index contributed by atoms with van der Waals surface area (Å²) in [5.74, 6) is -0.108. The van der Waals surface area contributed by atoms with Crippen molar-refractivity contribution in [1.82, 2.24) is 9.13 Å². The maximum atomic E-state index is 12.2. The second-order valence-corrected chi connectivity index (χ2v) is 4.39. The van der Waals surface area contributed by atoms with E-state index in [0.717, 1.165) is 4.57 Å². The first-order chi connectivity index (χ1) is 8.57. The highest BCUT2D eigenvalue weighted by Crippen LogP contribution is 2.16. The molecule has 4 nitrogen and oxygen atoms in total. The molecule has 0 bridgehead atoms. The van der Waals surface area contributed by atoms with Crippen molar-refractivity contribution in [3.05, 3.63) is 41.3 Å². The molecule has 1 heterocycles. The van der Waals surface area contributed by atoms with Gasteiger partial charge in [0.1, 0.15) is 0 Å². The van der Waals surface area contributed by atoms with Crippen LogP contribution in [0.15, 0.2) is 35.6 Å². The molecule has 0 saturated heterocycles. The summed E-state index contributed by atoms with van der Waals surface area (Å²) in [7, 11) is 0. The van der Waals surface area contributed by atoms with Crippen LogP contribution in [-0.2, 0) is 0 Å². The lowest BCUT2D eigenvalue weighted by Gasteiger charge is -1.99. The van der Waals surface area contributed by atoms with Gasteiger partial charge in [-0.1, -0.05) is 18.7 Å². The summed E-state index contributed by atoms with van der Waals surface area (Å²) < 4.78 is 2.59. The number of hydrogen-bond donors (Lipinski definition) is 0. The molecule has 94 valence electrons. The highest BCUT2D eigenvalue weighted by molar-refractivity contribution is 6.19. The Balaban J connectivity index is 2.82. The second-order valence-electron chi connectivity index (χ2n) is 4.01. The van der Waals surface area contributed by atoms with Crippen molar-refractivity contribution in [2.45, 2.75) is 13.3 Å². The van der Waals surface area contributed by atoms with Gasteiger partial charge in [0, 0.05) is 18.0 Å². The van der Waals surface area contributed by atoms with Crippen molar-refractivity contribution in [3.63, 3.8) is 0 Å². The van der Waals surface area contributed by atoms with Crippen molar-refractivity contribution in [1.29, 1.82) is 0 Å². The van der Waals surface area contributed by atoms with Crippen LogP contribution >= 0.6 is 11.6 Å². The SMILES string of the molecule is C=C(C)n1c(=O)n(C(=O)CCCl)c2ccccc21. The highest BCUT2D eigenvalue weighted by Gasteiger charge is 2.17. The van der Waals surface area contributed by atoms with Crippen LogP contribution in [0.3, 0.4) is 0 Å². The molecular formula is C13H13ClN2O2. The van der Waals surface area contributed by atoms with Gasteiger partial charge in [0.2, 0.25) is 5.91 Å². The van der Waals surface area contributed by atoms with E-state index >= 15 is 0 Å². The van der Waals surface area contributed by atoms with E-state index in [1.807, 2.05) is 6.07 Å². The zero-order valence-corrected chi connectivity index (χ0v) is 10.8. The standard InChI is InChI=1S/C13H13ClN2O2/c1-9(2)15-10-5-3-4-6-11(10)16(13(15)18)12(17)7-8-14/h3-6H,1,7-8H2,2H3. The molecule has 2 rings (SSSR count). The van der Waals surface area contributed by atoms with E-state index < -0.39 is 0 Å². The molecule has 2 aromatic rings. The van der Waals surface area contributed by atoms with Gasteiger partial charge >= 0.3 is 5.69 Å². The molecule has 0 radical (unpaired) electrons. The maximum Gasteiger partial charge on any atom is 0.340 e. The number of rotatable bonds is 3. The van der Waals surface area contributed by atoms with Crippen LogP contribution in [0.1, 0.15) is 18.1 Å². The number of carbonyl (C=O) groups is 1. The summed E-state index contributed by atoms with van der Waals surface area (Å²) >= 11 is 5.56. The van der Waals surface area contributed by atoms with E-state index in [-0.39, 0.29) is 23.9 Å². The number of benzene rings is 1. The largest absolute Gasteiger partial charge is 0.340 e. The molecule has 0 unspecified atom stereocenters. The summed E-state index contributed by atoms with van der Waals surface area (Å²) in [4.78, 5) is 24.2. The van der Waals surface area contributed by atoms with Gasteiger partial charge in [-0.25, -0.2) is 9.36 Å². The summed E-state index contributed by atoms with van der Waals surface area (Å²) in [6, 6.07) is 7.13. The lowest BCUT2D eigenvalue weighted by molar-refractivity contribution is 0.0910. The summed E-state index contributed by atoms with van der Waals surface area (Å²) in [6.45, 7) is 5.49. The average Bonchev–Trinajstić information content (AvgIpc) is 2.61. The number of aromatic nitrogens is 2. The number of halogens is 1. The predicted molar refractivity (Wildman–Crippen MR) is 73.2 cm³/mol. The zero-order valence-electron chi connectivity index (χ0n) is 10.0. The van der Waals surface area contributed by atoms with E-state index in [1.54, 1.807) is 25.1 Å². The Bertz CT molecular complexity index is 682. The Hall–Kier alpha value is -1.81. The highest BCUT2D eigenvalue weighted by atomic mass is 35.5. The fourth-order valence-corrected chi connectivity index (χ4v) is 2.11. The Morgan fingerprint density at radius 2 is 1.83 bits per heavy atom. The molecule has 0 aliphatic rings. The van der Waals surface area contributed by atoms with Gasteiger partial charge in [-0.05, 0) is 19.1 Å². The fourth-order valence-electron chi connectivity index (χ4n) is 1.95. The quantitative estimate of drug-likeness (QED) is 0.800. The van der Waals surface area contributed by atoms with Gasteiger partial charge in [0.05, 0.1) is 11.0 Å². The first-order valence-corrected chi connectivity index (χ1v) is 6.09. The third-order valence-corrected chi connectivity index (χ3v) is 2.87. The minimum absolute atomic E-state index is 0.131. The van der Waals surface area contributed by atoms with Gasteiger partial charge in [-0.15, -0.1) is 11.6 Å². The number of allylic oxidation sites excluding steroid dienone is 1. The van der Waals surface area contributed by atoms with Crippen molar-refractivity contribution < 1.29 is 4.79 Å². The van der Waals surface area contributed by atoms with Crippen LogP contribution in [0.2, 0.25) is 0 Å². The van der Waals surface area contributed by atoms with Gasteiger partial charge in [0.25, 0.3) is 0 Å². The zero-order chi connectivity index (χ0) is 13.3. The Labute approximate surface area is 109 Å². The number of fused-ring (bicyclic) bond motifs is 1. The van der Waals surface area contributed by atoms with Crippen molar-refractivity contribution in [2.75, 3.05) is 5.88 Å². The predicted octanol–water partition coefficient (Wildman–Crippen LogP) is 2.56. The molecule has 0 saturated carbocycles. The first kappa shape index (κ1) is 12.6. The second kappa shape index (κ2) is 4.82. The Kier molecular flexibility index (Phi) is 3.39. The number of nitrogens with zero attached hydrogens (tertiary/aromatic N) is 2. The van der Waals surface area contributed by atoms with Crippen molar-refractivity contribution in [3.8, 4) is 0 Å². The Morgan fingerprint density at radius 1 is 1.28 bits per heavy atom. The molecule has 5 heteroatoms. The van der Waals surface area contributed by atoms with Gasteiger partial charge in [-0.3, -0.25) is 9.36 Å². The van der Waals surface area contributed by atoms with Crippen molar-refractivity contribution >= 4 is 34.2 Å². The third kappa shape index (κ3) is 1.88. The van der Waals surface area contributed by atoms with Crippen LogP contribution in [0.5, 0.6) is 0 Å². The molecule has 1 aromatic heterocycles. The Morgan fingerprint density at radius 3 is 2.33 bits per heavy atom. The van der Waals surface area contributed by atoms with Crippen LogP contribution < -0.4 is 5.69 Å². The molecule has 0 aliphatic carbocycles. The molecule has 0 amide bonds. The van der Waals surface area contributed by atoms with Gasteiger partial charge in [0.15, 0.2) is 0 Å². The van der Waals surface area contributed by atoms with Crippen molar-refractivity contribution in [2.24, 2.45) is 0 Å². The van der Waals surface area contributed by atoms with Crippen LogP contribution in [0.4, 0.5) is 0 Å². The van der Waals surface area contributed by atoms with E-state index in [9.17, 15) is 9.59 Å². The van der Waals surface area contributed by atoms with E-state index in [1.165, 1.54) is 4.57 Å². The molecule has 18 heavy (non-hydrogen) atoms. The van der Waals surface area contributed by atoms with Gasteiger partial charge < -0.3 is 0 Å². The topological polar surface area (TPSA) is 44.0 Å².